The van der Waals surface area contributed by atoms with E-state index in [1.807, 2.05) is 51.0 Å². The lowest BCUT2D eigenvalue weighted by atomic mass is 10.1. The summed E-state index contributed by atoms with van der Waals surface area (Å²) < 4.78 is 15.8. The summed E-state index contributed by atoms with van der Waals surface area (Å²) >= 11 is 0. The number of ether oxygens (including phenoxy) is 2. The van der Waals surface area contributed by atoms with Crippen molar-refractivity contribution in [3.8, 4) is 5.75 Å². The van der Waals surface area contributed by atoms with Crippen LogP contribution in [0.1, 0.15) is 35.7 Å². The van der Waals surface area contributed by atoms with Gasteiger partial charge in [0.05, 0.1) is 19.8 Å². The second kappa shape index (κ2) is 8.95. The Bertz CT molecular complexity index is 1040. The quantitative estimate of drug-likeness (QED) is 0.412. The highest BCUT2D eigenvalue weighted by atomic mass is 16.5. The molecule has 9 nitrogen and oxygen atoms in total. The Morgan fingerprint density at radius 3 is 2.61 bits per heavy atom. The topological polar surface area (TPSA) is 101 Å². The van der Waals surface area contributed by atoms with Crippen LogP contribution in [0.5, 0.6) is 5.75 Å². The Hall–Kier alpha value is -3.75. The molecule has 1 aliphatic heterocycles. The predicted molar refractivity (Wildman–Crippen MR) is 114 cm³/mol. The second-order valence-corrected chi connectivity index (χ2v) is 7.42. The van der Waals surface area contributed by atoms with Crippen LogP contribution in [-0.2, 0) is 16.1 Å². The minimum Gasteiger partial charge on any atom is -0.490 e. The van der Waals surface area contributed by atoms with Crippen molar-refractivity contribution in [1.82, 2.24) is 10.2 Å². The number of carbonyl (C=O) groups excluding carboxylic acids is 3. The van der Waals surface area contributed by atoms with Gasteiger partial charge in [-0.1, -0.05) is 0 Å². The van der Waals surface area contributed by atoms with Crippen LogP contribution in [-0.4, -0.2) is 50.1 Å². The largest absolute Gasteiger partial charge is 0.490 e. The number of carbonyl (C=O) groups is 3. The van der Waals surface area contributed by atoms with Gasteiger partial charge in [0, 0.05) is 31.4 Å². The van der Waals surface area contributed by atoms with Crippen molar-refractivity contribution in [2.24, 2.45) is 0 Å². The van der Waals surface area contributed by atoms with Crippen LogP contribution in [0.25, 0.3) is 6.08 Å². The zero-order valence-electron chi connectivity index (χ0n) is 18.1. The maximum Gasteiger partial charge on any atom is 0.373 e. The molecule has 1 fully saturated rings. The molecule has 1 N–H and O–H groups in total. The predicted octanol–water partition coefficient (Wildman–Crippen LogP) is 3.01. The van der Waals surface area contributed by atoms with Crippen LogP contribution < -0.4 is 15.0 Å². The van der Waals surface area contributed by atoms with E-state index < -0.39 is 17.9 Å². The van der Waals surface area contributed by atoms with Crippen LogP contribution in [0.3, 0.4) is 0 Å². The third kappa shape index (κ3) is 4.88. The van der Waals surface area contributed by atoms with Gasteiger partial charge in [0.2, 0.25) is 5.76 Å². The monoisotopic (exact) mass is 427 g/mol. The average Bonchev–Trinajstić information content (AvgIpc) is 3.28. The van der Waals surface area contributed by atoms with Crippen molar-refractivity contribution in [2.45, 2.75) is 26.5 Å². The number of rotatable bonds is 7. The zero-order valence-corrected chi connectivity index (χ0v) is 18.1. The molecule has 0 bridgehead atoms. The molecule has 3 rings (SSSR count). The lowest BCUT2D eigenvalue weighted by molar-refractivity contribution is -0.123. The molecule has 0 unspecified atom stereocenters. The third-order valence-electron chi connectivity index (χ3n) is 4.50. The fraction of sp³-hybridized carbons (Fsp3) is 0.318. The summed E-state index contributed by atoms with van der Waals surface area (Å²) in [6.07, 6.45) is 1.52. The van der Waals surface area contributed by atoms with E-state index in [4.69, 9.17) is 9.15 Å². The number of benzene rings is 1. The van der Waals surface area contributed by atoms with Gasteiger partial charge in [0.1, 0.15) is 17.2 Å². The summed E-state index contributed by atoms with van der Waals surface area (Å²) in [4.78, 5) is 39.7. The number of amides is 3. The first-order chi connectivity index (χ1) is 14.7. The van der Waals surface area contributed by atoms with E-state index in [2.05, 4.69) is 10.1 Å². The van der Waals surface area contributed by atoms with Crippen molar-refractivity contribution in [3.63, 3.8) is 0 Å². The third-order valence-corrected chi connectivity index (χ3v) is 4.50. The number of nitrogens with one attached hydrogen (secondary N) is 1. The van der Waals surface area contributed by atoms with Gasteiger partial charge in [0.25, 0.3) is 5.91 Å². The number of esters is 1. The van der Waals surface area contributed by atoms with Crippen LogP contribution in [0.2, 0.25) is 0 Å². The minimum absolute atomic E-state index is 0.00298. The van der Waals surface area contributed by atoms with Crippen molar-refractivity contribution < 1.29 is 28.3 Å². The molecule has 2 aromatic rings. The Morgan fingerprint density at radius 2 is 1.97 bits per heavy atom. The van der Waals surface area contributed by atoms with E-state index in [0.29, 0.717) is 11.3 Å². The number of nitrogens with zero attached hydrogens (tertiary/aromatic N) is 2. The highest BCUT2D eigenvalue weighted by Crippen LogP contribution is 2.29. The van der Waals surface area contributed by atoms with Gasteiger partial charge in [-0.2, -0.15) is 0 Å². The van der Waals surface area contributed by atoms with E-state index >= 15 is 0 Å². The number of hydrogen-bond donors (Lipinski definition) is 1. The van der Waals surface area contributed by atoms with Gasteiger partial charge in [-0.25, -0.2) is 9.59 Å². The summed E-state index contributed by atoms with van der Waals surface area (Å²) in [7, 11) is 5.08. The standard InChI is InChI=1S/C22H25N3O6/c1-13(2)30-19-11-15(24(3)4)7-6-14(19)10-17-20(26)25(22(28)23-17)12-16-8-9-18(31-16)21(27)29-5/h6-11,13H,12H2,1-5H3,(H,23,28)/b17-10-. The summed E-state index contributed by atoms with van der Waals surface area (Å²) in [6, 6.07) is 7.97. The molecule has 164 valence electrons. The normalized spacial score (nSPS) is 14.9. The van der Waals surface area contributed by atoms with Gasteiger partial charge in [-0.3, -0.25) is 9.69 Å². The molecule has 1 saturated heterocycles. The first-order valence-corrected chi connectivity index (χ1v) is 9.69. The summed E-state index contributed by atoms with van der Waals surface area (Å²) in [5.74, 6) is -0.264. The van der Waals surface area contributed by atoms with E-state index in [1.165, 1.54) is 19.2 Å². The Morgan fingerprint density at radius 1 is 1.23 bits per heavy atom. The first kappa shape index (κ1) is 21.9. The average molecular weight is 427 g/mol. The van der Waals surface area contributed by atoms with E-state index in [-0.39, 0.29) is 29.9 Å². The number of methoxy groups -OCH3 is 1. The molecular weight excluding hydrogens is 402 g/mol. The van der Waals surface area contributed by atoms with Crippen molar-refractivity contribution in [1.29, 1.82) is 0 Å². The molecule has 9 heteroatoms. The Balaban J connectivity index is 1.84. The van der Waals surface area contributed by atoms with Gasteiger partial charge in [0.15, 0.2) is 0 Å². The molecule has 1 aromatic carbocycles. The van der Waals surface area contributed by atoms with E-state index in [1.54, 1.807) is 6.08 Å². The number of imide groups is 1. The van der Waals surface area contributed by atoms with Crippen LogP contribution >= 0.6 is 0 Å². The number of anilines is 1. The van der Waals surface area contributed by atoms with Crippen molar-refractivity contribution >= 4 is 29.7 Å². The molecule has 1 aromatic heterocycles. The zero-order chi connectivity index (χ0) is 22.7. The maximum absolute atomic E-state index is 12.8. The number of furan rings is 1. The van der Waals surface area contributed by atoms with Gasteiger partial charge in [-0.15, -0.1) is 0 Å². The second-order valence-electron chi connectivity index (χ2n) is 7.42. The van der Waals surface area contributed by atoms with Gasteiger partial charge in [-0.05, 0) is 44.2 Å². The molecule has 2 heterocycles. The van der Waals surface area contributed by atoms with Crippen molar-refractivity contribution in [3.05, 3.63) is 53.1 Å². The lowest BCUT2D eigenvalue weighted by Crippen LogP contribution is -2.30. The molecule has 0 spiro atoms. The van der Waals surface area contributed by atoms with Crippen LogP contribution in [0.4, 0.5) is 10.5 Å². The Kier molecular flexibility index (Phi) is 6.33. The number of urea groups is 1. The molecule has 0 atom stereocenters. The van der Waals surface area contributed by atoms with E-state index in [0.717, 1.165) is 10.6 Å². The smallest absolute Gasteiger partial charge is 0.373 e. The fourth-order valence-corrected chi connectivity index (χ4v) is 2.98. The van der Waals surface area contributed by atoms with Crippen LogP contribution in [0.15, 0.2) is 40.4 Å². The molecule has 0 saturated carbocycles. The molecule has 31 heavy (non-hydrogen) atoms. The molecule has 1 aliphatic rings. The van der Waals surface area contributed by atoms with Gasteiger partial charge < -0.3 is 24.1 Å². The van der Waals surface area contributed by atoms with Gasteiger partial charge >= 0.3 is 12.0 Å². The fourth-order valence-electron chi connectivity index (χ4n) is 2.98. The minimum atomic E-state index is -0.636. The summed E-state index contributed by atoms with van der Waals surface area (Å²) in [5, 5.41) is 2.58. The summed E-state index contributed by atoms with van der Waals surface area (Å²) in [6.45, 7) is 3.71. The van der Waals surface area contributed by atoms with E-state index in [9.17, 15) is 14.4 Å². The van der Waals surface area contributed by atoms with Crippen LogP contribution in [0, 0.1) is 0 Å². The first-order valence-electron chi connectivity index (χ1n) is 9.69. The summed E-state index contributed by atoms with van der Waals surface area (Å²) in [5.41, 5.74) is 1.73. The lowest BCUT2D eigenvalue weighted by Gasteiger charge is -2.18. The molecular formula is C22H25N3O6. The molecule has 3 amide bonds. The molecule has 0 aliphatic carbocycles. The van der Waals surface area contributed by atoms with Crippen molar-refractivity contribution in [2.75, 3.05) is 26.1 Å². The highest BCUT2D eigenvalue weighted by Gasteiger charge is 2.34. The maximum atomic E-state index is 12.8. The number of hydrogen-bond acceptors (Lipinski definition) is 7. The molecule has 0 radical (unpaired) electrons. The highest BCUT2D eigenvalue weighted by molar-refractivity contribution is 6.14. The SMILES string of the molecule is COC(=O)c1ccc(CN2C(=O)N/C(=C\c3ccc(N(C)C)cc3OC(C)C)C2=O)o1. The Labute approximate surface area is 180 Å².